The fourth-order valence-electron chi connectivity index (χ4n) is 2.02. The van der Waals surface area contributed by atoms with Gasteiger partial charge >= 0.3 is 11.9 Å². The van der Waals surface area contributed by atoms with E-state index < -0.39 is 53.9 Å². The molecule has 0 aromatic carbocycles. The second kappa shape index (κ2) is 6.16. The smallest absolute Gasteiger partial charge is 0.390 e. The van der Waals surface area contributed by atoms with Crippen molar-refractivity contribution in [2.24, 2.45) is 0 Å². The molecule has 1 aromatic rings. The van der Waals surface area contributed by atoms with Crippen molar-refractivity contribution in [1.82, 2.24) is 14.9 Å². The summed E-state index contributed by atoms with van der Waals surface area (Å²) < 4.78 is 49.6. The Kier molecular flexibility index (Phi) is 4.22. The van der Waals surface area contributed by atoms with E-state index in [1.807, 2.05) is 4.98 Å². The van der Waals surface area contributed by atoms with Crippen LogP contribution in [0.15, 0.2) is 15.8 Å². The molecule has 0 saturated carbocycles. The molecule has 2 rings (SSSR count). The fourth-order valence-corrected chi connectivity index (χ4v) is 2.02. The molecule has 1 unspecified atom stereocenters. The Bertz CT molecular complexity index is 732. The number of carbonyl (C=O) groups is 1. The fraction of sp³-hybridized carbons (Fsp3) is 0.583. The molecule has 0 bridgehead atoms. The van der Waals surface area contributed by atoms with Gasteiger partial charge in [0.15, 0.2) is 0 Å². The lowest BCUT2D eigenvalue weighted by Gasteiger charge is -2.14. The molecule has 1 aliphatic rings. The van der Waals surface area contributed by atoms with E-state index in [2.05, 4.69) is 0 Å². The van der Waals surface area contributed by atoms with E-state index in [4.69, 9.17) is 6.11 Å². The third-order valence-electron chi connectivity index (χ3n) is 3.18. The van der Waals surface area contributed by atoms with Gasteiger partial charge in [-0.05, 0) is 6.90 Å². The lowest BCUT2D eigenvalue weighted by molar-refractivity contribution is -0.123. The maximum absolute atomic E-state index is 12.1. The van der Waals surface area contributed by atoms with Crippen LogP contribution in [0.3, 0.4) is 0 Å². The Morgan fingerprint density at radius 3 is 2.87 bits per heavy atom. The van der Waals surface area contributed by atoms with Gasteiger partial charge in [-0.1, -0.05) is 0 Å². The number of amides is 1. The molecule has 2 heterocycles. The number of hydrogen-bond acceptors (Lipinski definition) is 5. The third kappa shape index (κ3) is 3.99. The largest absolute Gasteiger partial charge is 0.405 e. The summed E-state index contributed by atoms with van der Waals surface area (Å²) in [5.41, 5.74) is -2.80. The van der Waals surface area contributed by atoms with E-state index >= 15 is 0 Å². The highest BCUT2D eigenvalue weighted by Gasteiger charge is 2.33. The number of aliphatic hydroxyl groups excluding tert-OH is 1. The van der Waals surface area contributed by atoms with Crippen LogP contribution < -0.4 is 16.6 Å². The quantitative estimate of drug-likeness (QED) is 0.687. The number of halogens is 3. The normalized spacial score (nSPS) is 25.2. The zero-order valence-corrected chi connectivity index (χ0v) is 11.6. The molecular weight excluding hydrogens is 323 g/mol. The number of hydrogen-bond donors (Lipinski definition) is 3. The molecule has 1 aromatic heterocycles. The van der Waals surface area contributed by atoms with Crippen molar-refractivity contribution in [2.75, 3.05) is 6.54 Å². The van der Waals surface area contributed by atoms with Crippen LogP contribution >= 0.6 is 0 Å². The van der Waals surface area contributed by atoms with Crippen LogP contribution in [0.4, 0.5) is 13.2 Å². The molecule has 1 saturated heterocycles. The average Bonchev–Trinajstić information content (AvgIpc) is 2.85. The Balaban J connectivity index is 2.27. The third-order valence-corrected chi connectivity index (χ3v) is 3.18. The van der Waals surface area contributed by atoms with E-state index in [0.717, 1.165) is 10.8 Å². The van der Waals surface area contributed by atoms with E-state index in [1.54, 1.807) is 0 Å². The van der Waals surface area contributed by atoms with Crippen molar-refractivity contribution in [1.29, 1.82) is 0 Å². The molecule has 1 aliphatic heterocycles. The van der Waals surface area contributed by atoms with Crippen LogP contribution in [-0.4, -0.2) is 45.5 Å². The molecule has 1 amide bonds. The van der Waals surface area contributed by atoms with Crippen molar-refractivity contribution >= 4 is 5.91 Å². The second-order valence-electron chi connectivity index (χ2n) is 4.94. The van der Waals surface area contributed by atoms with Crippen molar-refractivity contribution in [2.45, 2.75) is 37.9 Å². The van der Waals surface area contributed by atoms with Crippen LogP contribution in [0.25, 0.3) is 0 Å². The first-order valence-corrected chi connectivity index (χ1v) is 6.45. The maximum Gasteiger partial charge on any atom is 0.405 e. The maximum atomic E-state index is 12.1. The molecule has 3 N–H and O–H groups in total. The SMILES string of the molecule is [2H]C[C@H]1O[C@@H](n2cc(C(=O)NCC(F)(F)F)c(=O)[nH]c2=O)CC1O. The Morgan fingerprint density at radius 2 is 2.30 bits per heavy atom. The molecule has 23 heavy (non-hydrogen) atoms. The van der Waals surface area contributed by atoms with Crippen molar-refractivity contribution in [3.8, 4) is 0 Å². The number of aromatic nitrogens is 2. The van der Waals surface area contributed by atoms with Crippen LogP contribution in [0, 0.1) is 0 Å². The summed E-state index contributed by atoms with van der Waals surface area (Å²) in [4.78, 5) is 37.0. The molecule has 11 heteroatoms. The first-order chi connectivity index (χ1) is 11.1. The molecule has 128 valence electrons. The van der Waals surface area contributed by atoms with E-state index in [9.17, 15) is 32.7 Å². The molecule has 0 radical (unpaired) electrons. The van der Waals surface area contributed by atoms with Crippen molar-refractivity contribution in [3.63, 3.8) is 0 Å². The Morgan fingerprint density at radius 1 is 1.61 bits per heavy atom. The summed E-state index contributed by atoms with van der Waals surface area (Å²) >= 11 is 0. The van der Waals surface area contributed by atoms with E-state index in [-0.39, 0.29) is 13.3 Å². The summed E-state index contributed by atoms with van der Waals surface area (Å²) in [5.74, 6) is -1.31. The van der Waals surface area contributed by atoms with Gasteiger partial charge in [-0.2, -0.15) is 13.2 Å². The Labute approximate surface area is 128 Å². The minimum atomic E-state index is -4.66. The van der Waals surface area contributed by atoms with Crippen LogP contribution in [0.2, 0.25) is 0 Å². The van der Waals surface area contributed by atoms with Gasteiger partial charge in [-0.3, -0.25) is 19.1 Å². The van der Waals surface area contributed by atoms with Gasteiger partial charge in [0.2, 0.25) is 0 Å². The summed E-state index contributed by atoms with van der Waals surface area (Å²) in [6.45, 7) is -1.90. The number of nitrogens with zero attached hydrogens (tertiary/aromatic N) is 1. The van der Waals surface area contributed by atoms with Gasteiger partial charge in [-0.15, -0.1) is 0 Å². The Hall–Kier alpha value is -2.14. The number of H-pyrrole nitrogens is 1. The highest BCUT2D eigenvalue weighted by atomic mass is 19.4. The van der Waals surface area contributed by atoms with E-state index in [1.165, 1.54) is 5.32 Å². The zero-order chi connectivity index (χ0) is 18.1. The van der Waals surface area contributed by atoms with Gasteiger partial charge in [-0.25, -0.2) is 4.79 Å². The van der Waals surface area contributed by atoms with Gasteiger partial charge < -0.3 is 15.2 Å². The predicted molar refractivity (Wildman–Crippen MR) is 69.9 cm³/mol. The monoisotopic (exact) mass is 338 g/mol. The number of aromatic amines is 1. The molecule has 8 nitrogen and oxygen atoms in total. The number of ether oxygens (including phenoxy) is 1. The molecule has 1 fully saturated rings. The minimum absolute atomic E-state index is 0.0703. The van der Waals surface area contributed by atoms with Gasteiger partial charge in [0.05, 0.1) is 12.2 Å². The minimum Gasteiger partial charge on any atom is -0.390 e. The van der Waals surface area contributed by atoms with E-state index in [0.29, 0.717) is 0 Å². The van der Waals surface area contributed by atoms with Crippen molar-refractivity contribution < 1.29 is 29.2 Å². The first-order valence-electron chi connectivity index (χ1n) is 7.16. The first kappa shape index (κ1) is 15.7. The summed E-state index contributed by atoms with van der Waals surface area (Å²) in [5, 5.41) is 11.2. The summed E-state index contributed by atoms with van der Waals surface area (Å²) in [7, 11) is 0. The number of alkyl halides is 3. The topological polar surface area (TPSA) is 113 Å². The molecular formula is C12H14F3N3O5. The number of nitrogens with one attached hydrogen (secondary N) is 2. The van der Waals surface area contributed by atoms with Gasteiger partial charge in [0.25, 0.3) is 11.5 Å². The van der Waals surface area contributed by atoms with Crippen LogP contribution in [0.5, 0.6) is 0 Å². The summed E-state index contributed by atoms with van der Waals surface area (Å²) in [6.07, 6.45) is -6.87. The highest BCUT2D eigenvalue weighted by molar-refractivity contribution is 5.93. The predicted octanol–water partition coefficient (Wildman–Crippen LogP) is -0.503. The van der Waals surface area contributed by atoms with Crippen LogP contribution in [-0.2, 0) is 4.74 Å². The lowest BCUT2D eigenvalue weighted by atomic mass is 10.2. The van der Waals surface area contributed by atoms with Gasteiger partial charge in [0.1, 0.15) is 18.3 Å². The molecule has 0 aliphatic carbocycles. The molecule has 3 atom stereocenters. The average molecular weight is 338 g/mol. The highest BCUT2D eigenvalue weighted by Crippen LogP contribution is 2.27. The standard InChI is InChI=1S/C12H14F3N3O5/c1-5-7(19)2-8(23-5)18-3-6(10(21)17-11(18)22)9(20)16-4-12(13,14)15/h3,5,7-8,19H,2,4H2,1H3,(H,16,20)(H,17,21,22)/t5-,7?,8-/m1/s1/i1D. The number of aliphatic hydroxyl groups is 1. The zero-order valence-electron chi connectivity index (χ0n) is 12.6. The van der Waals surface area contributed by atoms with Gasteiger partial charge in [0, 0.05) is 14.0 Å². The lowest BCUT2D eigenvalue weighted by Crippen LogP contribution is -2.40. The number of carbonyl (C=O) groups excluding carboxylic acids is 1. The number of rotatable bonds is 3. The molecule has 0 spiro atoms. The summed E-state index contributed by atoms with van der Waals surface area (Å²) in [6, 6.07) is 0. The second-order valence-corrected chi connectivity index (χ2v) is 4.94. The van der Waals surface area contributed by atoms with Crippen molar-refractivity contribution in [3.05, 3.63) is 32.6 Å². The van der Waals surface area contributed by atoms with Crippen LogP contribution in [0.1, 0.15) is 31.3 Å².